The normalized spacial score (nSPS) is 10.9. The number of methoxy groups -OCH3 is 1. The maximum atomic E-state index is 12.4. The second-order valence-electron chi connectivity index (χ2n) is 5.98. The van der Waals surface area contributed by atoms with Gasteiger partial charge in [-0.25, -0.2) is 4.79 Å². The molecule has 0 heterocycles. The average molecular weight is 350 g/mol. The molecule has 0 radical (unpaired) electrons. The van der Waals surface area contributed by atoms with Crippen molar-refractivity contribution in [3.8, 4) is 0 Å². The molecule has 0 fully saturated rings. The Bertz CT molecular complexity index is 596. The van der Waals surface area contributed by atoms with E-state index in [0.717, 1.165) is 0 Å². The van der Waals surface area contributed by atoms with Crippen molar-refractivity contribution in [2.24, 2.45) is 5.41 Å². The van der Waals surface area contributed by atoms with Crippen molar-refractivity contribution in [1.82, 2.24) is 5.32 Å². The van der Waals surface area contributed by atoms with E-state index in [4.69, 9.17) is 9.47 Å². The lowest BCUT2D eigenvalue weighted by atomic mass is 9.91. The van der Waals surface area contributed by atoms with Crippen LogP contribution < -0.4 is 10.6 Å². The highest BCUT2D eigenvalue weighted by atomic mass is 16.5. The van der Waals surface area contributed by atoms with Gasteiger partial charge in [-0.1, -0.05) is 0 Å². The Morgan fingerprint density at radius 2 is 1.72 bits per heavy atom. The first-order chi connectivity index (χ1) is 11.8. The zero-order valence-corrected chi connectivity index (χ0v) is 15.2. The van der Waals surface area contributed by atoms with Crippen LogP contribution in [0.15, 0.2) is 24.3 Å². The quantitative estimate of drug-likeness (QED) is 0.403. The number of esters is 1. The van der Waals surface area contributed by atoms with E-state index in [1.807, 2.05) is 0 Å². The van der Waals surface area contributed by atoms with Crippen LogP contribution in [0.5, 0.6) is 0 Å². The Morgan fingerprint density at radius 3 is 2.28 bits per heavy atom. The van der Waals surface area contributed by atoms with Gasteiger partial charge < -0.3 is 20.1 Å². The molecular formula is C18H26N2O5. The number of ether oxygens (including phenoxy) is 2. The number of amides is 2. The third-order valence-corrected chi connectivity index (χ3v) is 3.60. The van der Waals surface area contributed by atoms with E-state index in [-0.39, 0.29) is 5.91 Å². The fourth-order valence-electron chi connectivity index (χ4n) is 1.93. The van der Waals surface area contributed by atoms with Crippen LogP contribution in [0.4, 0.5) is 5.69 Å². The van der Waals surface area contributed by atoms with Crippen LogP contribution in [0.1, 0.15) is 37.6 Å². The van der Waals surface area contributed by atoms with Crippen LogP contribution >= 0.6 is 0 Å². The van der Waals surface area contributed by atoms with Crippen LogP contribution in [0.3, 0.4) is 0 Å². The zero-order valence-electron chi connectivity index (χ0n) is 15.2. The minimum atomic E-state index is -1.23. The van der Waals surface area contributed by atoms with Crippen LogP contribution in [0, 0.1) is 5.41 Å². The van der Waals surface area contributed by atoms with Crippen molar-refractivity contribution in [2.45, 2.75) is 27.2 Å². The van der Waals surface area contributed by atoms with E-state index in [1.165, 1.54) is 0 Å². The summed E-state index contributed by atoms with van der Waals surface area (Å²) < 4.78 is 9.82. The molecule has 0 unspecified atom stereocenters. The van der Waals surface area contributed by atoms with Gasteiger partial charge in [0.25, 0.3) is 0 Å². The largest absolute Gasteiger partial charge is 0.462 e. The molecule has 0 aromatic heterocycles. The van der Waals surface area contributed by atoms with Gasteiger partial charge in [0, 0.05) is 25.9 Å². The summed E-state index contributed by atoms with van der Waals surface area (Å²) >= 11 is 0. The average Bonchev–Trinajstić information content (AvgIpc) is 2.59. The number of nitrogens with one attached hydrogen (secondary N) is 2. The molecule has 1 aromatic rings. The first-order valence-corrected chi connectivity index (χ1v) is 8.18. The molecule has 25 heavy (non-hydrogen) atoms. The van der Waals surface area contributed by atoms with Crippen molar-refractivity contribution in [3.05, 3.63) is 29.8 Å². The number of hydrogen-bond donors (Lipinski definition) is 2. The molecule has 138 valence electrons. The van der Waals surface area contributed by atoms with Crippen molar-refractivity contribution in [3.63, 3.8) is 0 Å². The van der Waals surface area contributed by atoms with Gasteiger partial charge in [-0.15, -0.1) is 0 Å². The summed E-state index contributed by atoms with van der Waals surface area (Å²) in [5.74, 6) is -1.21. The maximum Gasteiger partial charge on any atom is 0.338 e. The highest BCUT2D eigenvalue weighted by Gasteiger charge is 2.35. The molecule has 0 bridgehead atoms. The number of carbonyl (C=O) groups excluding carboxylic acids is 3. The summed E-state index contributed by atoms with van der Waals surface area (Å²) in [5, 5.41) is 5.41. The molecule has 0 aliphatic heterocycles. The number of anilines is 1. The van der Waals surface area contributed by atoms with Gasteiger partial charge in [0.1, 0.15) is 5.41 Å². The standard InChI is InChI=1S/C18H26N2O5/c1-5-25-15(21)13-7-9-14(10-8-13)20-17(23)18(2,3)16(22)19-11-6-12-24-4/h7-10H,5-6,11-12H2,1-4H3,(H,19,22)(H,20,23). The highest BCUT2D eigenvalue weighted by molar-refractivity contribution is 6.09. The van der Waals surface area contributed by atoms with Crippen LogP contribution in [0.2, 0.25) is 0 Å². The minimum Gasteiger partial charge on any atom is -0.462 e. The molecular weight excluding hydrogens is 324 g/mol. The molecule has 7 heteroatoms. The zero-order chi connectivity index (χ0) is 18.9. The lowest BCUT2D eigenvalue weighted by Crippen LogP contribution is -2.45. The van der Waals surface area contributed by atoms with Crippen molar-refractivity contribution >= 4 is 23.5 Å². The summed E-state index contributed by atoms with van der Waals surface area (Å²) in [5.41, 5.74) is -0.333. The molecule has 1 aromatic carbocycles. The lowest BCUT2D eigenvalue weighted by molar-refractivity contribution is -0.138. The fraction of sp³-hybridized carbons (Fsp3) is 0.500. The molecule has 7 nitrogen and oxygen atoms in total. The molecule has 0 saturated heterocycles. The van der Waals surface area contributed by atoms with E-state index >= 15 is 0 Å². The van der Waals surface area contributed by atoms with Crippen molar-refractivity contribution < 1.29 is 23.9 Å². The summed E-state index contributed by atoms with van der Waals surface area (Å²) in [4.78, 5) is 36.2. The molecule has 1 rings (SSSR count). The van der Waals surface area contributed by atoms with E-state index in [1.54, 1.807) is 52.1 Å². The third-order valence-electron chi connectivity index (χ3n) is 3.60. The van der Waals surface area contributed by atoms with Crippen LogP contribution in [-0.2, 0) is 19.1 Å². The van der Waals surface area contributed by atoms with Crippen molar-refractivity contribution in [2.75, 3.05) is 32.2 Å². The Labute approximate surface area is 148 Å². The second-order valence-corrected chi connectivity index (χ2v) is 5.98. The van der Waals surface area contributed by atoms with E-state index in [2.05, 4.69) is 10.6 Å². The summed E-state index contributed by atoms with van der Waals surface area (Å²) in [6.07, 6.45) is 0.676. The first-order valence-electron chi connectivity index (χ1n) is 8.18. The Kier molecular flexibility index (Phi) is 8.07. The van der Waals surface area contributed by atoms with E-state index < -0.39 is 17.3 Å². The van der Waals surface area contributed by atoms with E-state index in [9.17, 15) is 14.4 Å². The topological polar surface area (TPSA) is 93.7 Å². The molecule has 0 saturated carbocycles. The predicted octanol–water partition coefficient (Wildman–Crippen LogP) is 1.98. The molecule has 0 atom stereocenters. The van der Waals surface area contributed by atoms with Crippen molar-refractivity contribution in [1.29, 1.82) is 0 Å². The van der Waals surface area contributed by atoms with E-state index in [0.29, 0.717) is 37.4 Å². The second kappa shape index (κ2) is 9.78. The molecule has 0 aliphatic carbocycles. The monoisotopic (exact) mass is 350 g/mol. The maximum absolute atomic E-state index is 12.4. The van der Waals surface area contributed by atoms with Crippen LogP contribution in [-0.4, -0.2) is 44.7 Å². The van der Waals surface area contributed by atoms with Gasteiger partial charge in [-0.2, -0.15) is 0 Å². The Balaban J connectivity index is 2.64. The van der Waals surface area contributed by atoms with Gasteiger partial charge in [0.15, 0.2) is 0 Å². The van der Waals surface area contributed by atoms with Gasteiger partial charge in [-0.3, -0.25) is 9.59 Å². The highest BCUT2D eigenvalue weighted by Crippen LogP contribution is 2.19. The van der Waals surface area contributed by atoms with Gasteiger partial charge in [0.05, 0.1) is 12.2 Å². The molecule has 0 aliphatic rings. The summed E-state index contributed by atoms with van der Waals surface area (Å²) in [7, 11) is 1.59. The number of hydrogen-bond acceptors (Lipinski definition) is 5. The predicted molar refractivity (Wildman–Crippen MR) is 94.3 cm³/mol. The molecule has 2 amide bonds. The lowest BCUT2D eigenvalue weighted by Gasteiger charge is -2.22. The fourth-order valence-corrected chi connectivity index (χ4v) is 1.93. The van der Waals surface area contributed by atoms with Gasteiger partial charge in [0.2, 0.25) is 11.8 Å². The smallest absolute Gasteiger partial charge is 0.338 e. The third kappa shape index (κ3) is 6.19. The summed E-state index contributed by atoms with van der Waals surface area (Å²) in [6, 6.07) is 6.31. The molecule has 0 spiro atoms. The Morgan fingerprint density at radius 1 is 1.08 bits per heavy atom. The number of benzene rings is 1. The SMILES string of the molecule is CCOC(=O)c1ccc(NC(=O)C(C)(C)C(=O)NCCCOC)cc1. The summed E-state index contributed by atoms with van der Waals surface area (Å²) in [6.45, 7) is 6.12. The molecule has 2 N–H and O–H groups in total. The Hall–Kier alpha value is -2.41. The minimum absolute atomic E-state index is 0.297. The van der Waals surface area contributed by atoms with Gasteiger partial charge >= 0.3 is 5.97 Å². The number of carbonyl (C=O) groups is 3. The number of rotatable bonds is 9. The first kappa shape index (κ1) is 20.6. The van der Waals surface area contributed by atoms with Gasteiger partial charge in [-0.05, 0) is 51.5 Å². The van der Waals surface area contributed by atoms with Crippen LogP contribution in [0.25, 0.3) is 0 Å².